The first-order chi connectivity index (χ1) is 6.70. The van der Waals surface area contributed by atoms with Gasteiger partial charge in [-0.15, -0.1) is 0 Å². The van der Waals surface area contributed by atoms with E-state index in [0.29, 0.717) is 10.9 Å². The summed E-state index contributed by atoms with van der Waals surface area (Å²) in [4.78, 5) is 15.3. The molecule has 2 aromatic rings. The van der Waals surface area contributed by atoms with Gasteiger partial charge in [-0.2, -0.15) is 0 Å². The van der Waals surface area contributed by atoms with Crippen LogP contribution in [-0.2, 0) is 0 Å². The third kappa shape index (κ3) is 1.23. The van der Waals surface area contributed by atoms with Crippen molar-refractivity contribution in [2.45, 2.75) is 6.92 Å². The lowest BCUT2D eigenvalue weighted by molar-refractivity contribution is 0.101. The van der Waals surface area contributed by atoms with Gasteiger partial charge in [0.05, 0.1) is 17.3 Å². The molecule has 1 aromatic carbocycles. The Balaban J connectivity index is 2.90. The van der Waals surface area contributed by atoms with Crippen LogP contribution in [0.1, 0.15) is 17.3 Å². The third-order valence-corrected chi connectivity index (χ3v) is 2.11. The van der Waals surface area contributed by atoms with Crippen LogP contribution < -0.4 is 0 Å². The standard InChI is InChI=1S/C11H9NO2/c1-7(13)11-8-4-2-3-5-9(8)12-6-10(11)14/h2-6,14H,1H3. The van der Waals surface area contributed by atoms with Gasteiger partial charge in [-0.1, -0.05) is 18.2 Å². The molecule has 0 saturated heterocycles. The van der Waals surface area contributed by atoms with Crippen LogP contribution in [0.2, 0.25) is 0 Å². The molecule has 3 nitrogen and oxygen atoms in total. The fourth-order valence-corrected chi connectivity index (χ4v) is 1.50. The molecule has 0 amide bonds. The van der Waals surface area contributed by atoms with E-state index in [9.17, 15) is 9.90 Å². The largest absolute Gasteiger partial charge is 0.506 e. The minimum absolute atomic E-state index is 0.0591. The van der Waals surface area contributed by atoms with Crippen molar-refractivity contribution in [3.8, 4) is 5.75 Å². The Morgan fingerprint density at radius 2 is 2.07 bits per heavy atom. The summed E-state index contributed by atoms with van der Waals surface area (Å²) >= 11 is 0. The van der Waals surface area contributed by atoms with E-state index >= 15 is 0 Å². The summed E-state index contributed by atoms with van der Waals surface area (Å²) in [5.74, 6) is -0.211. The number of hydrogen-bond donors (Lipinski definition) is 1. The van der Waals surface area contributed by atoms with Crippen LogP contribution in [0.25, 0.3) is 10.9 Å². The van der Waals surface area contributed by atoms with Crippen LogP contribution in [0, 0.1) is 0 Å². The van der Waals surface area contributed by atoms with Gasteiger partial charge < -0.3 is 5.11 Å². The molecule has 0 bridgehead atoms. The number of Topliss-reactive ketones (excluding diaryl/α,β-unsaturated/α-hetero) is 1. The molecule has 1 heterocycles. The fourth-order valence-electron chi connectivity index (χ4n) is 1.50. The molecule has 0 saturated carbocycles. The van der Waals surface area contributed by atoms with Crippen LogP contribution in [-0.4, -0.2) is 15.9 Å². The highest BCUT2D eigenvalue weighted by Crippen LogP contribution is 2.24. The molecular formula is C11H9NO2. The molecule has 0 fully saturated rings. The SMILES string of the molecule is CC(=O)c1c(O)cnc2ccccc12. The van der Waals surface area contributed by atoms with E-state index in [1.807, 2.05) is 12.1 Å². The van der Waals surface area contributed by atoms with Gasteiger partial charge in [-0.25, -0.2) is 0 Å². The maximum Gasteiger partial charge on any atom is 0.164 e. The van der Waals surface area contributed by atoms with Crippen molar-refractivity contribution in [2.75, 3.05) is 0 Å². The van der Waals surface area contributed by atoms with Gasteiger partial charge in [-0.05, 0) is 13.0 Å². The van der Waals surface area contributed by atoms with Gasteiger partial charge >= 0.3 is 0 Å². The molecule has 14 heavy (non-hydrogen) atoms. The lowest BCUT2D eigenvalue weighted by Gasteiger charge is -2.04. The molecule has 0 unspecified atom stereocenters. The first-order valence-corrected chi connectivity index (χ1v) is 4.28. The van der Waals surface area contributed by atoms with E-state index in [-0.39, 0.29) is 11.5 Å². The normalized spacial score (nSPS) is 10.4. The van der Waals surface area contributed by atoms with Gasteiger partial charge in [0.2, 0.25) is 0 Å². The molecular weight excluding hydrogens is 178 g/mol. The van der Waals surface area contributed by atoms with Crippen LogP contribution >= 0.6 is 0 Å². The number of fused-ring (bicyclic) bond motifs is 1. The summed E-state index contributed by atoms with van der Waals surface area (Å²) in [5.41, 5.74) is 1.06. The topological polar surface area (TPSA) is 50.2 Å². The molecule has 0 atom stereocenters. The van der Waals surface area contributed by atoms with Crippen molar-refractivity contribution < 1.29 is 9.90 Å². The lowest BCUT2D eigenvalue weighted by Crippen LogP contribution is -1.95. The number of benzene rings is 1. The molecule has 0 spiro atoms. The van der Waals surface area contributed by atoms with Crippen LogP contribution in [0.15, 0.2) is 30.5 Å². The second-order valence-electron chi connectivity index (χ2n) is 3.09. The predicted octanol–water partition coefficient (Wildman–Crippen LogP) is 2.14. The molecule has 1 aromatic heterocycles. The van der Waals surface area contributed by atoms with E-state index in [0.717, 1.165) is 5.52 Å². The van der Waals surface area contributed by atoms with Crippen LogP contribution in [0.4, 0.5) is 0 Å². The average molecular weight is 187 g/mol. The van der Waals surface area contributed by atoms with Gasteiger partial charge in [0.1, 0.15) is 5.75 Å². The predicted molar refractivity (Wildman–Crippen MR) is 53.4 cm³/mol. The Hall–Kier alpha value is -1.90. The van der Waals surface area contributed by atoms with Crippen LogP contribution in [0.3, 0.4) is 0 Å². The van der Waals surface area contributed by atoms with Gasteiger partial charge in [0.25, 0.3) is 0 Å². The molecule has 3 heteroatoms. The zero-order valence-corrected chi connectivity index (χ0v) is 7.69. The third-order valence-electron chi connectivity index (χ3n) is 2.11. The van der Waals surface area contributed by atoms with Crippen LogP contribution in [0.5, 0.6) is 5.75 Å². The Morgan fingerprint density at radius 1 is 1.36 bits per heavy atom. The number of aromatic nitrogens is 1. The van der Waals surface area contributed by atoms with Crippen molar-refractivity contribution in [2.24, 2.45) is 0 Å². The highest BCUT2D eigenvalue weighted by molar-refractivity contribution is 6.08. The van der Waals surface area contributed by atoms with E-state index in [2.05, 4.69) is 4.98 Å². The number of carbonyl (C=O) groups excluding carboxylic acids is 1. The molecule has 0 aliphatic carbocycles. The summed E-state index contributed by atoms with van der Waals surface area (Å²) in [7, 11) is 0. The number of rotatable bonds is 1. The quantitative estimate of drug-likeness (QED) is 0.696. The molecule has 70 valence electrons. The molecule has 1 N–H and O–H groups in total. The number of aromatic hydroxyl groups is 1. The maximum absolute atomic E-state index is 11.3. The van der Waals surface area contributed by atoms with Gasteiger partial charge in [0.15, 0.2) is 5.78 Å². The Bertz CT molecular complexity index is 506. The summed E-state index contributed by atoms with van der Waals surface area (Å²) in [6, 6.07) is 7.24. The monoisotopic (exact) mass is 187 g/mol. The average Bonchev–Trinajstić information content (AvgIpc) is 2.17. The first-order valence-electron chi connectivity index (χ1n) is 4.28. The smallest absolute Gasteiger partial charge is 0.164 e. The molecule has 0 radical (unpaired) electrons. The second kappa shape index (κ2) is 3.10. The lowest BCUT2D eigenvalue weighted by atomic mass is 10.1. The summed E-state index contributed by atoms with van der Waals surface area (Å²) in [6.07, 6.45) is 1.30. The number of ketones is 1. The number of para-hydroxylation sites is 1. The summed E-state index contributed by atoms with van der Waals surface area (Å²) < 4.78 is 0. The van der Waals surface area contributed by atoms with E-state index < -0.39 is 0 Å². The highest BCUT2D eigenvalue weighted by atomic mass is 16.3. The van der Waals surface area contributed by atoms with Gasteiger partial charge in [-0.3, -0.25) is 9.78 Å². The maximum atomic E-state index is 11.3. The first kappa shape index (κ1) is 8.69. The molecule has 2 rings (SSSR count). The second-order valence-corrected chi connectivity index (χ2v) is 3.09. The van der Waals surface area contributed by atoms with Gasteiger partial charge in [0, 0.05) is 5.39 Å². The summed E-state index contributed by atoms with van der Waals surface area (Å²) in [5, 5.41) is 10.2. The Kier molecular flexibility index (Phi) is 1.93. The van der Waals surface area contributed by atoms with E-state index in [1.165, 1.54) is 13.1 Å². The number of nitrogens with zero attached hydrogens (tertiary/aromatic N) is 1. The minimum Gasteiger partial charge on any atom is -0.506 e. The number of pyridine rings is 1. The van der Waals surface area contributed by atoms with Crippen molar-refractivity contribution in [3.05, 3.63) is 36.0 Å². The fraction of sp³-hybridized carbons (Fsp3) is 0.0909. The van der Waals surface area contributed by atoms with Crippen molar-refractivity contribution in [3.63, 3.8) is 0 Å². The number of hydrogen-bond acceptors (Lipinski definition) is 3. The van der Waals surface area contributed by atoms with Crippen molar-refractivity contribution >= 4 is 16.7 Å². The number of carbonyl (C=O) groups is 1. The molecule has 0 aliphatic rings. The molecule has 0 aliphatic heterocycles. The van der Waals surface area contributed by atoms with Crippen molar-refractivity contribution in [1.29, 1.82) is 0 Å². The van der Waals surface area contributed by atoms with Crippen molar-refractivity contribution in [1.82, 2.24) is 4.98 Å². The Morgan fingerprint density at radius 3 is 2.79 bits per heavy atom. The summed E-state index contributed by atoms with van der Waals surface area (Å²) in [6.45, 7) is 1.43. The Labute approximate surface area is 81.0 Å². The highest BCUT2D eigenvalue weighted by Gasteiger charge is 2.11. The van der Waals surface area contributed by atoms with E-state index in [1.54, 1.807) is 12.1 Å². The zero-order chi connectivity index (χ0) is 10.1. The zero-order valence-electron chi connectivity index (χ0n) is 7.69. The minimum atomic E-state index is -0.152. The van der Waals surface area contributed by atoms with E-state index in [4.69, 9.17) is 0 Å².